The van der Waals surface area contributed by atoms with Crippen LogP contribution < -0.4 is 0 Å². The fourth-order valence-electron chi connectivity index (χ4n) is 6.70. The van der Waals surface area contributed by atoms with Crippen LogP contribution in [0.25, 0.3) is 0 Å². The summed E-state index contributed by atoms with van der Waals surface area (Å²) in [5.74, 6) is 1.68. The standard InChI is InChI=1S/C22H29NO3/c1-14-9-18(25)12-21-7-8-23(13-15-3-4-15)20(22(14,21)26-2)10-16-5-6-17(24)11-19(16)21/h5-6,11,14-15,20,24H,3-4,7-10,12-13H2,1-2H3/t14-,20-,21-,22?/m1/s1. The van der Waals surface area contributed by atoms with Crippen LogP contribution in [-0.2, 0) is 21.4 Å². The topological polar surface area (TPSA) is 49.8 Å². The van der Waals surface area contributed by atoms with Gasteiger partial charge >= 0.3 is 0 Å². The van der Waals surface area contributed by atoms with E-state index in [1.165, 1.54) is 30.5 Å². The highest BCUT2D eigenvalue weighted by Gasteiger charge is 2.68. The van der Waals surface area contributed by atoms with Gasteiger partial charge in [0.2, 0.25) is 0 Å². The first kappa shape index (κ1) is 16.8. The molecule has 3 fully saturated rings. The van der Waals surface area contributed by atoms with Crippen LogP contribution in [0.5, 0.6) is 5.75 Å². The number of likely N-dealkylation sites (tertiary alicyclic amines) is 1. The van der Waals surface area contributed by atoms with Gasteiger partial charge in [0.1, 0.15) is 11.5 Å². The molecule has 3 aliphatic carbocycles. The van der Waals surface area contributed by atoms with Gasteiger partial charge in [0.05, 0.1) is 5.60 Å². The monoisotopic (exact) mass is 355 g/mol. The molecule has 5 rings (SSSR count). The van der Waals surface area contributed by atoms with Gasteiger partial charge in [0.25, 0.3) is 0 Å². The number of phenols is 1. The lowest BCUT2D eigenvalue weighted by Gasteiger charge is -2.67. The zero-order valence-corrected chi connectivity index (χ0v) is 15.8. The third-order valence-corrected chi connectivity index (χ3v) is 7.82. The molecule has 0 aromatic heterocycles. The van der Waals surface area contributed by atoms with E-state index in [0.717, 1.165) is 25.3 Å². The molecule has 1 aliphatic heterocycles. The number of carbonyl (C=O) groups is 1. The summed E-state index contributed by atoms with van der Waals surface area (Å²) < 4.78 is 6.45. The molecule has 1 saturated heterocycles. The molecule has 1 aromatic rings. The number of aromatic hydroxyl groups is 1. The molecule has 0 spiro atoms. The molecular weight excluding hydrogens is 326 g/mol. The molecule has 4 heteroatoms. The van der Waals surface area contributed by atoms with E-state index in [1.807, 2.05) is 13.2 Å². The number of ketones is 1. The Morgan fingerprint density at radius 3 is 2.85 bits per heavy atom. The zero-order chi connectivity index (χ0) is 18.1. The lowest BCUT2D eigenvalue weighted by Crippen LogP contribution is -2.76. The first-order valence-electron chi connectivity index (χ1n) is 10.1. The minimum absolute atomic E-state index is 0.191. The third-order valence-electron chi connectivity index (χ3n) is 7.82. The van der Waals surface area contributed by atoms with Crippen molar-refractivity contribution >= 4 is 5.78 Å². The van der Waals surface area contributed by atoms with Crippen molar-refractivity contribution in [2.75, 3.05) is 20.2 Å². The van der Waals surface area contributed by atoms with Crippen LogP contribution in [-0.4, -0.2) is 47.6 Å². The van der Waals surface area contributed by atoms with Crippen LogP contribution in [0.15, 0.2) is 18.2 Å². The summed E-state index contributed by atoms with van der Waals surface area (Å²) in [6.45, 7) is 4.40. The normalized spacial score (nSPS) is 39.4. The molecule has 4 atom stereocenters. The number of phenolic OH excluding ortho intramolecular Hbond substituents is 1. The average Bonchev–Trinajstić information content (AvgIpc) is 3.42. The summed E-state index contributed by atoms with van der Waals surface area (Å²) in [4.78, 5) is 15.4. The molecule has 1 unspecified atom stereocenters. The fraction of sp³-hybridized carbons (Fsp3) is 0.682. The zero-order valence-electron chi connectivity index (χ0n) is 15.8. The summed E-state index contributed by atoms with van der Waals surface area (Å²) in [5.41, 5.74) is 1.83. The fourth-order valence-corrected chi connectivity index (χ4v) is 6.70. The predicted octanol–water partition coefficient (Wildman–Crippen LogP) is 3.05. The molecule has 4 nitrogen and oxygen atoms in total. The summed E-state index contributed by atoms with van der Waals surface area (Å²) in [7, 11) is 1.85. The van der Waals surface area contributed by atoms with Crippen LogP contribution in [0.2, 0.25) is 0 Å². The maximum Gasteiger partial charge on any atom is 0.134 e. The van der Waals surface area contributed by atoms with Gasteiger partial charge in [-0.1, -0.05) is 13.0 Å². The molecule has 0 amide bonds. The van der Waals surface area contributed by atoms with Crippen LogP contribution in [0, 0.1) is 11.8 Å². The Labute approximate surface area is 155 Å². The van der Waals surface area contributed by atoms with Gasteiger partial charge in [-0.05, 0) is 67.3 Å². The number of methoxy groups -OCH3 is 1. The van der Waals surface area contributed by atoms with Gasteiger partial charge in [0, 0.05) is 38.0 Å². The van der Waals surface area contributed by atoms with Gasteiger partial charge in [-0.15, -0.1) is 0 Å². The Bertz CT molecular complexity index is 758. The van der Waals surface area contributed by atoms with Crippen molar-refractivity contribution in [2.45, 2.75) is 62.5 Å². The largest absolute Gasteiger partial charge is 0.508 e. The maximum atomic E-state index is 12.7. The Morgan fingerprint density at radius 1 is 1.31 bits per heavy atom. The van der Waals surface area contributed by atoms with Crippen LogP contribution in [0.3, 0.4) is 0 Å². The number of piperidine rings is 1. The molecule has 1 aromatic carbocycles. The number of nitrogens with zero attached hydrogens (tertiary/aromatic N) is 1. The highest BCUT2D eigenvalue weighted by atomic mass is 16.5. The van der Waals surface area contributed by atoms with E-state index in [0.29, 0.717) is 30.4 Å². The van der Waals surface area contributed by atoms with E-state index >= 15 is 0 Å². The minimum atomic E-state index is -0.338. The SMILES string of the molecule is COC12[C@H](C)CC(=O)C[C@@]13CCN(CC1CC1)[C@@H]2Cc1ccc(O)cc13. The average molecular weight is 355 g/mol. The minimum Gasteiger partial charge on any atom is -0.508 e. The highest BCUT2D eigenvalue weighted by molar-refractivity contribution is 5.83. The van der Waals surface area contributed by atoms with Crippen molar-refractivity contribution in [3.63, 3.8) is 0 Å². The Kier molecular flexibility index (Phi) is 3.58. The first-order chi connectivity index (χ1) is 12.5. The van der Waals surface area contributed by atoms with Crippen molar-refractivity contribution in [3.8, 4) is 5.75 Å². The summed E-state index contributed by atoms with van der Waals surface area (Å²) in [6, 6.07) is 6.11. The molecule has 4 aliphatic rings. The summed E-state index contributed by atoms with van der Waals surface area (Å²) in [6.07, 6.45) is 5.76. The van der Waals surface area contributed by atoms with E-state index < -0.39 is 0 Å². The first-order valence-corrected chi connectivity index (χ1v) is 10.1. The van der Waals surface area contributed by atoms with Crippen molar-refractivity contribution < 1.29 is 14.6 Å². The van der Waals surface area contributed by atoms with Crippen molar-refractivity contribution in [1.29, 1.82) is 0 Å². The quantitative estimate of drug-likeness (QED) is 0.905. The van der Waals surface area contributed by atoms with Crippen molar-refractivity contribution in [3.05, 3.63) is 29.3 Å². The second kappa shape index (κ2) is 5.56. The van der Waals surface area contributed by atoms with Gasteiger partial charge in [-0.3, -0.25) is 9.69 Å². The molecule has 1 heterocycles. The van der Waals surface area contributed by atoms with E-state index in [2.05, 4.69) is 17.9 Å². The van der Waals surface area contributed by atoms with E-state index in [9.17, 15) is 9.90 Å². The Morgan fingerprint density at radius 2 is 2.12 bits per heavy atom. The molecule has 2 saturated carbocycles. The number of hydrogen-bond donors (Lipinski definition) is 1. The molecule has 2 bridgehead atoms. The lowest BCUT2D eigenvalue weighted by molar-refractivity contribution is -0.210. The molecule has 26 heavy (non-hydrogen) atoms. The predicted molar refractivity (Wildman–Crippen MR) is 99.3 cm³/mol. The van der Waals surface area contributed by atoms with Crippen molar-refractivity contribution in [2.24, 2.45) is 11.8 Å². The molecule has 0 radical (unpaired) electrons. The van der Waals surface area contributed by atoms with Crippen LogP contribution in [0.1, 0.15) is 50.2 Å². The molecule has 140 valence electrons. The molecular formula is C22H29NO3. The van der Waals surface area contributed by atoms with Crippen LogP contribution >= 0.6 is 0 Å². The van der Waals surface area contributed by atoms with Crippen molar-refractivity contribution in [1.82, 2.24) is 4.90 Å². The molecule has 1 N–H and O–H groups in total. The van der Waals surface area contributed by atoms with E-state index in [-0.39, 0.29) is 16.9 Å². The summed E-state index contributed by atoms with van der Waals surface area (Å²) >= 11 is 0. The number of rotatable bonds is 3. The van der Waals surface area contributed by atoms with Gasteiger partial charge in [0.15, 0.2) is 0 Å². The van der Waals surface area contributed by atoms with Gasteiger partial charge < -0.3 is 9.84 Å². The van der Waals surface area contributed by atoms with Gasteiger partial charge in [-0.2, -0.15) is 0 Å². The van der Waals surface area contributed by atoms with Crippen LogP contribution in [0.4, 0.5) is 0 Å². The number of Topliss-reactive ketones (excluding diaryl/α,β-unsaturated/α-hetero) is 1. The second-order valence-corrected chi connectivity index (χ2v) is 9.15. The highest BCUT2D eigenvalue weighted by Crippen LogP contribution is 2.61. The number of carbonyl (C=O) groups excluding carboxylic acids is 1. The smallest absolute Gasteiger partial charge is 0.134 e. The van der Waals surface area contributed by atoms with E-state index in [1.54, 1.807) is 6.07 Å². The van der Waals surface area contributed by atoms with E-state index in [4.69, 9.17) is 4.74 Å². The summed E-state index contributed by atoms with van der Waals surface area (Å²) in [5, 5.41) is 10.2. The number of fused-ring (bicyclic) bond motifs is 1. The maximum absolute atomic E-state index is 12.7. The number of benzene rings is 1. The Hall–Kier alpha value is -1.39. The Balaban J connectivity index is 1.71. The van der Waals surface area contributed by atoms with Gasteiger partial charge in [-0.25, -0.2) is 0 Å². The number of hydrogen-bond acceptors (Lipinski definition) is 4. The lowest BCUT2D eigenvalue weighted by atomic mass is 9.46. The number of ether oxygens (including phenoxy) is 1. The third kappa shape index (κ3) is 2.06. The second-order valence-electron chi connectivity index (χ2n) is 9.15.